The first kappa shape index (κ1) is 44.4. The van der Waals surface area contributed by atoms with Crippen molar-refractivity contribution >= 4 is 48.4 Å². The van der Waals surface area contributed by atoms with E-state index in [1.807, 2.05) is 0 Å². The van der Waals surface area contributed by atoms with Gasteiger partial charge in [0.05, 0.1) is 53.4 Å². The molecule has 39 heavy (non-hydrogen) atoms. The van der Waals surface area contributed by atoms with Gasteiger partial charge in [-0.25, -0.2) is 0 Å². The van der Waals surface area contributed by atoms with Gasteiger partial charge in [0, 0.05) is 31.9 Å². The lowest BCUT2D eigenvalue weighted by molar-refractivity contribution is -0.910. The highest BCUT2D eigenvalue weighted by atomic mass is 79.9. The number of unbranched alkanes of at least 4 members (excludes halogenated alkanes) is 6. The van der Waals surface area contributed by atoms with E-state index < -0.39 is 20.1 Å². The van der Waals surface area contributed by atoms with Crippen molar-refractivity contribution in [3.8, 4) is 0 Å². The van der Waals surface area contributed by atoms with Crippen molar-refractivity contribution in [3.05, 3.63) is 0 Å². The lowest BCUT2D eigenvalue weighted by Crippen LogP contribution is -2.46. The van der Waals surface area contributed by atoms with Crippen molar-refractivity contribution < 1.29 is 36.9 Å². The van der Waals surface area contributed by atoms with Gasteiger partial charge in [0.2, 0.25) is 0 Å². The minimum absolute atomic E-state index is 1.32. The number of nitrogens with zero attached hydrogens (tertiary/aromatic N) is 2. The van der Waals surface area contributed by atoms with Crippen molar-refractivity contribution in [1.82, 2.24) is 0 Å². The van der Waals surface area contributed by atoms with Gasteiger partial charge >= 0.3 is 20.1 Å². The van der Waals surface area contributed by atoms with Gasteiger partial charge in [-0.1, -0.05) is 89.1 Å². The van der Waals surface area contributed by atoms with Crippen molar-refractivity contribution in [2.24, 2.45) is 0 Å². The monoisotopic (exact) mass is 728 g/mol. The van der Waals surface area contributed by atoms with Gasteiger partial charge < -0.3 is 18.8 Å². The fraction of sp³-hybridized carbons (Fsp3) is 1.00. The van der Waals surface area contributed by atoms with Gasteiger partial charge in [0.15, 0.2) is 0 Å². The Kier molecular flexibility index (Phi) is 31.5. The minimum atomic E-state index is -3.21. The molecule has 8 nitrogen and oxygen atoms in total. The average molecular weight is 731 g/mol. The van der Waals surface area contributed by atoms with E-state index in [-0.39, 0.29) is 0 Å². The molecule has 0 bridgehead atoms. The smallest absolute Gasteiger partial charge is 0.493 e. The van der Waals surface area contributed by atoms with Gasteiger partial charge in [-0.05, 0) is 47.7 Å². The molecular weight excluding hydrogens is 670 g/mol. The first-order valence-corrected chi connectivity index (χ1v) is 18.7. The fourth-order valence-corrected chi connectivity index (χ4v) is 6.00. The Balaban J connectivity index is -0.000000503. The van der Waals surface area contributed by atoms with E-state index in [0.29, 0.717) is 0 Å². The molecule has 0 aromatic heterocycles. The SMILES string of the molecule is CCCC[N+](C)(CCCC)CCCC.CCCC[N+](C)(CCCC)CCCC.O=[P+]([O-])OC(Br)(Br)O[P+](=O)[O-]. The molecule has 0 aliphatic carbocycles. The second-order valence-corrected chi connectivity index (χ2v) is 15.2. The predicted molar refractivity (Wildman–Crippen MR) is 169 cm³/mol. The van der Waals surface area contributed by atoms with Crippen LogP contribution in [0.2, 0.25) is 0 Å². The highest BCUT2D eigenvalue weighted by Gasteiger charge is 2.39. The molecule has 0 aliphatic heterocycles. The lowest BCUT2D eigenvalue weighted by atomic mass is 10.2. The summed E-state index contributed by atoms with van der Waals surface area (Å²) < 4.78 is 28.2. The molecule has 0 saturated heterocycles. The number of halogens is 2. The summed E-state index contributed by atoms with van der Waals surface area (Å²) in [7, 11) is -1.52. The van der Waals surface area contributed by atoms with Crippen LogP contribution in [0.25, 0.3) is 0 Å². The van der Waals surface area contributed by atoms with Crippen LogP contribution in [0.5, 0.6) is 0 Å². The Morgan fingerprint density at radius 1 is 0.538 bits per heavy atom. The van der Waals surface area contributed by atoms with Gasteiger partial charge in [-0.15, -0.1) is 0 Å². The molecule has 236 valence electrons. The standard InChI is InChI=1S/2C13H30N.CBr2O6P2/c2*1-5-8-11-14(4,12-9-6-2)13-10-7-3;2-1(3,8-10(4)5)9-11(6)7/h2*5-13H2,1-4H3;/q2*+1;. The summed E-state index contributed by atoms with van der Waals surface area (Å²) >= 11 is 4.98. The Bertz CT molecular complexity index is 513. The van der Waals surface area contributed by atoms with Crippen LogP contribution >= 0.6 is 48.4 Å². The Morgan fingerprint density at radius 2 is 0.718 bits per heavy atom. The molecule has 2 atom stereocenters. The first-order chi connectivity index (χ1) is 18.2. The number of quaternary nitrogens is 2. The first-order valence-electron chi connectivity index (χ1n) is 14.9. The molecule has 0 aliphatic rings. The van der Waals surface area contributed by atoms with Crippen LogP contribution in [0, 0.1) is 0 Å². The molecule has 0 rings (SSSR count). The summed E-state index contributed by atoms with van der Waals surface area (Å²) in [5, 5.41) is 0. The average Bonchev–Trinajstić information content (AvgIpc) is 2.85. The topological polar surface area (TPSA) is 98.7 Å². The predicted octanol–water partition coefficient (Wildman–Crippen LogP) is 8.12. The summed E-state index contributed by atoms with van der Waals surface area (Å²) in [5.41, 5.74) is 0. The maximum absolute atomic E-state index is 9.87. The molecule has 0 radical (unpaired) electrons. The Hall–Kier alpha value is 0.920. The number of rotatable bonds is 22. The van der Waals surface area contributed by atoms with Gasteiger partial charge in [-0.2, -0.15) is 0 Å². The maximum Gasteiger partial charge on any atom is 0.493 e. The molecule has 0 spiro atoms. The Labute approximate surface area is 259 Å². The van der Waals surface area contributed by atoms with Crippen LogP contribution in [-0.2, 0) is 18.2 Å². The summed E-state index contributed by atoms with van der Waals surface area (Å²) in [4.78, 5) is 19.7. The molecular formula is C27H60Br2N2O6P2+2. The van der Waals surface area contributed by atoms with E-state index >= 15 is 0 Å². The van der Waals surface area contributed by atoms with Crippen molar-refractivity contribution in [2.75, 3.05) is 53.4 Å². The molecule has 12 heteroatoms. The van der Waals surface area contributed by atoms with Gasteiger partial charge in [0.1, 0.15) is 0 Å². The van der Waals surface area contributed by atoms with Crippen LogP contribution in [-0.4, -0.2) is 65.9 Å². The highest BCUT2D eigenvalue weighted by Crippen LogP contribution is 2.40. The minimum Gasteiger partial charge on any atom is -0.566 e. The van der Waals surface area contributed by atoms with E-state index in [1.54, 1.807) is 0 Å². The number of alkyl halides is 2. The van der Waals surface area contributed by atoms with E-state index in [9.17, 15) is 18.9 Å². The van der Waals surface area contributed by atoms with E-state index in [1.165, 1.54) is 125 Å². The van der Waals surface area contributed by atoms with Gasteiger partial charge in [0.25, 0.3) is 0 Å². The lowest BCUT2D eigenvalue weighted by Gasteiger charge is -2.34. The summed E-state index contributed by atoms with van der Waals surface area (Å²) in [6.45, 7) is 22.1. The van der Waals surface area contributed by atoms with E-state index in [2.05, 4.69) is 96.5 Å². The van der Waals surface area contributed by atoms with E-state index in [0.717, 1.165) is 0 Å². The second-order valence-electron chi connectivity index (χ2n) is 10.8. The zero-order valence-corrected chi connectivity index (χ0v) is 31.2. The van der Waals surface area contributed by atoms with Crippen LogP contribution < -0.4 is 9.79 Å². The Morgan fingerprint density at radius 3 is 0.846 bits per heavy atom. The second kappa shape index (κ2) is 27.7. The zero-order chi connectivity index (χ0) is 30.8. The summed E-state index contributed by atoms with van der Waals surface area (Å²) in [5.74, 6) is 0. The molecule has 0 fully saturated rings. The third kappa shape index (κ3) is 31.7. The quantitative estimate of drug-likeness (QED) is 0.0483. The zero-order valence-electron chi connectivity index (χ0n) is 26.2. The fourth-order valence-electron chi connectivity index (χ4n) is 4.10. The molecule has 0 N–H and O–H groups in total. The maximum atomic E-state index is 9.87. The third-order valence-electron chi connectivity index (χ3n) is 6.67. The molecule has 0 saturated carbocycles. The van der Waals surface area contributed by atoms with Gasteiger partial charge in [-0.3, -0.25) is 0 Å². The third-order valence-corrected chi connectivity index (χ3v) is 9.13. The molecule has 0 aromatic rings. The molecule has 0 aromatic carbocycles. The van der Waals surface area contributed by atoms with Crippen molar-refractivity contribution in [1.29, 1.82) is 0 Å². The largest absolute Gasteiger partial charge is 0.566 e. The highest BCUT2D eigenvalue weighted by molar-refractivity contribution is 9.25. The summed E-state index contributed by atoms with van der Waals surface area (Å²) in [6.07, 6.45) is 16.4. The molecule has 0 heterocycles. The summed E-state index contributed by atoms with van der Waals surface area (Å²) in [6, 6.07) is 0. The van der Waals surface area contributed by atoms with Crippen LogP contribution in [0.3, 0.4) is 0 Å². The normalized spacial score (nSPS) is 12.7. The van der Waals surface area contributed by atoms with E-state index in [4.69, 9.17) is 0 Å². The number of hydrogen-bond donors (Lipinski definition) is 0. The van der Waals surface area contributed by atoms with Crippen molar-refractivity contribution in [2.45, 2.75) is 122 Å². The van der Waals surface area contributed by atoms with Crippen LogP contribution in [0.4, 0.5) is 0 Å². The van der Waals surface area contributed by atoms with Crippen molar-refractivity contribution in [3.63, 3.8) is 0 Å². The van der Waals surface area contributed by atoms with Crippen LogP contribution in [0.1, 0.15) is 119 Å². The molecule has 0 amide bonds. The number of hydrogen-bond acceptors (Lipinski definition) is 6. The van der Waals surface area contributed by atoms with Crippen LogP contribution in [0.15, 0.2) is 0 Å². The molecule has 2 unspecified atom stereocenters.